The molecule has 0 saturated carbocycles. The summed E-state index contributed by atoms with van der Waals surface area (Å²) in [5.41, 5.74) is 5.32. The van der Waals surface area contributed by atoms with Gasteiger partial charge in [-0.05, 0) is 54.8 Å². The summed E-state index contributed by atoms with van der Waals surface area (Å²) in [6, 6.07) is 10.9. The molecule has 1 heterocycles. The molecule has 2 aromatic carbocycles. The first-order valence-corrected chi connectivity index (χ1v) is 8.14. The molecule has 0 saturated heterocycles. The van der Waals surface area contributed by atoms with Gasteiger partial charge < -0.3 is 10.4 Å². The third kappa shape index (κ3) is 4.29. The summed E-state index contributed by atoms with van der Waals surface area (Å²) in [6.45, 7) is 4.90. The second-order valence-corrected chi connectivity index (χ2v) is 6.16. The molecule has 1 aromatic heterocycles. The van der Waals surface area contributed by atoms with Crippen LogP contribution in [0.2, 0.25) is 0 Å². The summed E-state index contributed by atoms with van der Waals surface area (Å²) >= 11 is 0. The van der Waals surface area contributed by atoms with E-state index in [4.69, 9.17) is 5.11 Å². The lowest BCUT2D eigenvalue weighted by Gasteiger charge is -2.06. The largest absolute Gasteiger partial charge is 0.392 e. The Hall–Kier alpha value is -2.57. The number of aliphatic hydroxyl groups is 1. The quantitative estimate of drug-likeness (QED) is 0.724. The van der Waals surface area contributed by atoms with Crippen molar-refractivity contribution < 1.29 is 9.50 Å². The van der Waals surface area contributed by atoms with E-state index in [0.29, 0.717) is 18.7 Å². The van der Waals surface area contributed by atoms with E-state index in [1.807, 2.05) is 26.0 Å². The molecule has 2 N–H and O–H groups in total. The van der Waals surface area contributed by atoms with Gasteiger partial charge in [0.1, 0.15) is 5.82 Å². The minimum absolute atomic E-state index is 0.302. The zero-order valence-electron chi connectivity index (χ0n) is 14.3. The lowest BCUT2D eigenvalue weighted by molar-refractivity contribution is 0.275. The maximum Gasteiger partial charge on any atom is 0.128 e. The molecule has 0 atom stereocenters. The predicted molar refractivity (Wildman–Crippen MR) is 93.7 cm³/mol. The van der Waals surface area contributed by atoms with Crippen molar-refractivity contribution in [2.45, 2.75) is 33.5 Å². The van der Waals surface area contributed by atoms with E-state index in [1.165, 1.54) is 17.2 Å². The minimum Gasteiger partial charge on any atom is -0.392 e. The standard InChI is InChI=1S/C19H21FN4O/c1-13-5-14(2)7-18(6-13)24-22-11-17(23-24)10-21-9-15-3-4-19(20)16(8-15)12-25/h3-8,11,21,25H,9-10,12H2,1-2H3. The van der Waals surface area contributed by atoms with Crippen LogP contribution < -0.4 is 5.32 Å². The fourth-order valence-corrected chi connectivity index (χ4v) is 2.76. The van der Waals surface area contributed by atoms with Gasteiger partial charge in [-0.1, -0.05) is 12.1 Å². The summed E-state index contributed by atoms with van der Waals surface area (Å²) in [5, 5.41) is 21.2. The van der Waals surface area contributed by atoms with Gasteiger partial charge in [0.15, 0.2) is 0 Å². The van der Waals surface area contributed by atoms with Crippen molar-refractivity contribution in [3.05, 3.63) is 76.4 Å². The molecule has 0 amide bonds. The molecule has 0 spiro atoms. The maximum absolute atomic E-state index is 13.4. The highest BCUT2D eigenvalue weighted by molar-refractivity contribution is 5.37. The van der Waals surface area contributed by atoms with Crippen molar-refractivity contribution in [3.63, 3.8) is 0 Å². The fourth-order valence-electron chi connectivity index (χ4n) is 2.76. The van der Waals surface area contributed by atoms with Crippen molar-refractivity contribution >= 4 is 0 Å². The first-order chi connectivity index (χ1) is 12.0. The number of aryl methyl sites for hydroxylation is 2. The van der Waals surface area contributed by atoms with Crippen LogP contribution in [-0.4, -0.2) is 20.1 Å². The van der Waals surface area contributed by atoms with E-state index in [9.17, 15) is 4.39 Å². The summed E-state index contributed by atoms with van der Waals surface area (Å²) in [5.74, 6) is -0.386. The number of halogens is 1. The Morgan fingerprint density at radius 1 is 1.08 bits per heavy atom. The number of aliphatic hydroxyl groups excluding tert-OH is 1. The number of rotatable bonds is 6. The van der Waals surface area contributed by atoms with Gasteiger partial charge in [-0.15, -0.1) is 0 Å². The minimum atomic E-state index is -0.386. The number of aromatic nitrogens is 3. The Morgan fingerprint density at radius 2 is 1.84 bits per heavy atom. The van der Waals surface area contributed by atoms with E-state index in [2.05, 4.69) is 21.6 Å². The molecular formula is C19H21FN4O. The molecule has 0 aliphatic carbocycles. The normalized spacial score (nSPS) is 11.0. The highest BCUT2D eigenvalue weighted by Gasteiger charge is 2.06. The molecule has 6 heteroatoms. The highest BCUT2D eigenvalue weighted by atomic mass is 19.1. The molecule has 3 rings (SSSR count). The SMILES string of the molecule is Cc1cc(C)cc(-n2ncc(CNCc3ccc(F)c(CO)c3)n2)c1. The molecule has 5 nitrogen and oxygen atoms in total. The Morgan fingerprint density at radius 3 is 2.56 bits per heavy atom. The monoisotopic (exact) mass is 340 g/mol. The summed E-state index contributed by atoms with van der Waals surface area (Å²) in [7, 11) is 0. The van der Waals surface area contributed by atoms with Gasteiger partial charge in [0.25, 0.3) is 0 Å². The van der Waals surface area contributed by atoms with Crippen LogP contribution in [0.25, 0.3) is 5.69 Å². The summed E-state index contributed by atoms with van der Waals surface area (Å²) in [6.07, 6.45) is 1.73. The Bertz CT molecular complexity index is 855. The Labute approximate surface area is 146 Å². The van der Waals surface area contributed by atoms with E-state index in [1.54, 1.807) is 23.1 Å². The zero-order chi connectivity index (χ0) is 17.8. The van der Waals surface area contributed by atoms with Crippen molar-refractivity contribution in [3.8, 4) is 5.69 Å². The van der Waals surface area contributed by atoms with Gasteiger partial charge >= 0.3 is 0 Å². The van der Waals surface area contributed by atoms with E-state index < -0.39 is 0 Å². The molecule has 0 radical (unpaired) electrons. The van der Waals surface area contributed by atoms with Crippen LogP contribution in [0.15, 0.2) is 42.6 Å². The molecule has 0 fully saturated rings. The first-order valence-electron chi connectivity index (χ1n) is 8.14. The van der Waals surface area contributed by atoms with Crippen LogP contribution in [0, 0.1) is 19.7 Å². The molecule has 0 aliphatic rings. The van der Waals surface area contributed by atoms with Crippen LogP contribution >= 0.6 is 0 Å². The van der Waals surface area contributed by atoms with Crippen molar-refractivity contribution in [2.75, 3.05) is 0 Å². The molecule has 0 bridgehead atoms. The summed E-state index contributed by atoms with van der Waals surface area (Å²) < 4.78 is 13.4. The van der Waals surface area contributed by atoms with Crippen molar-refractivity contribution in [1.29, 1.82) is 0 Å². The van der Waals surface area contributed by atoms with Gasteiger partial charge in [0, 0.05) is 18.7 Å². The molecule has 3 aromatic rings. The van der Waals surface area contributed by atoms with Gasteiger partial charge in [-0.2, -0.15) is 15.0 Å². The van der Waals surface area contributed by atoms with Gasteiger partial charge in [0.05, 0.1) is 24.2 Å². The van der Waals surface area contributed by atoms with Crippen LogP contribution in [0.1, 0.15) is 27.9 Å². The van der Waals surface area contributed by atoms with Crippen LogP contribution in [0.4, 0.5) is 4.39 Å². The first kappa shape index (κ1) is 17.3. The zero-order valence-corrected chi connectivity index (χ0v) is 14.3. The van der Waals surface area contributed by atoms with Crippen molar-refractivity contribution in [1.82, 2.24) is 20.3 Å². The van der Waals surface area contributed by atoms with Gasteiger partial charge in [-0.3, -0.25) is 0 Å². The van der Waals surface area contributed by atoms with Crippen LogP contribution in [0.5, 0.6) is 0 Å². The smallest absolute Gasteiger partial charge is 0.128 e. The maximum atomic E-state index is 13.4. The fraction of sp³-hybridized carbons (Fsp3) is 0.263. The molecule has 130 valence electrons. The van der Waals surface area contributed by atoms with E-state index >= 15 is 0 Å². The summed E-state index contributed by atoms with van der Waals surface area (Å²) in [4.78, 5) is 1.62. The van der Waals surface area contributed by atoms with Gasteiger partial charge in [-0.25, -0.2) is 4.39 Å². The second kappa shape index (κ2) is 7.55. The number of nitrogens with zero attached hydrogens (tertiary/aromatic N) is 3. The van der Waals surface area contributed by atoms with E-state index in [0.717, 1.165) is 16.9 Å². The number of hydrogen-bond acceptors (Lipinski definition) is 4. The Balaban J connectivity index is 1.62. The topological polar surface area (TPSA) is 63.0 Å². The molecule has 25 heavy (non-hydrogen) atoms. The third-order valence-corrected chi connectivity index (χ3v) is 3.89. The van der Waals surface area contributed by atoms with Crippen LogP contribution in [-0.2, 0) is 19.7 Å². The lowest BCUT2D eigenvalue weighted by atomic mass is 10.1. The molecule has 0 unspecified atom stereocenters. The molecule has 0 aliphatic heterocycles. The van der Waals surface area contributed by atoms with Gasteiger partial charge in [0.2, 0.25) is 0 Å². The second-order valence-electron chi connectivity index (χ2n) is 6.16. The third-order valence-electron chi connectivity index (χ3n) is 3.89. The predicted octanol–water partition coefficient (Wildman–Crippen LogP) is 2.81. The average Bonchev–Trinajstić information content (AvgIpc) is 3.04. The lowest BCUT2D eigenvalue weighted by Crippen LogP contribution is -2.13. The van der Waals surface area contributed by atoms with Crippen LogP contribution in [0.3, 0.4) is 0 Å². The number of hydrogen-bond donors (Lipinski definition) is 2. The highest BCUT2D eigenvalue weighted by Crippen LogP contribution is 2.13. The van der Waals surface area contributed by atoms with E-state index in [-0.39, 0.29) is 12.4 Å². The number of benzene rings is 2. The Kier molecular flexibility index (Phi) is 5.21. The number of nitrogens with one attached hydrogen (secondary N) is 1. The average molecular weight is 340 g/mol. The molecular weight excluding hydrogens is 319 g/mol. The van der Waals surface area contributed by atoms with Crippen molar-refractivity contribution in [2.24, 2.45) is 0 Å².